The van der Waals surface area contributed by atoms with Gasteiger partial charge in [-0.1, -0.05) is 32.9 Å². The molecule has 0 saturated heterocycles. The lowest BCUT2D eigenvalue weighted by atomic mass is 9.71. The van der Waals surface area contributed by atoms with E-state index in [0.717, 1.165) is 12.5 Å². The molecule has 0 spiro atoms. The predicted octanol–water partition coefficient (Wildman–Crippen LogP) is 3.67. The topological polar surface area (TPSA) is 67.4 Å². The van der Waals surface area contributed by atoms with Crippen molar-refractivity contribution < 1.29 is 14.3 Å². The molecule has 1 aliphatic carbocycles. The van der Waals surface area contributed by atoms with Crippen molar-refractivity contribution in [3.05, 3.63) is 35.4 Å². The fourth-order valence-electron chi connectivity index (χ4n) is 3.68. The van der Waals surface area contributed by atoms with Crippen molar-refractivity contribution >= 4 is 11.9 Å². The number of hydrogen-bond acceptors (Lipinski definition) is 4. The van der Waals surface area contributed by atoms with Crippen LogP contribution in [-0.2, 0) is 16.1 Å². The summed E-state index contributed by atoms with van der Waals surface area (Å²) < 4.78 is 4.56. The molecule has 27 heavy (non-hydrogen) atoms. The van der Waals surface area contributed by atoms with E-state index >= 15 is 0 Å². The molecule has 0 unspecified atom stereocenters. The van der Waals surface area contributed by atoms with Gasteiger partial charge in [-0.3, -0.25) is 9.59 Å². The van der Waals surface area contributed by atoms with Crippen LogP contribution in [0.1, 0.15) is 68.8 Å². The van der Waals surface area contributed by atoms with Crippen LogP contribution in [0.5, 0.6) is 0 Å². The molecule has 1 saturated carbocycles. The van der Waals surface area contributed by atoms with Gasteiger partial charge in [-0.15, -0.1) is 0 Å². The van der Waals surface area contributed by atoms with Crippen molar-refractivity contribution in [2.45, 2.75) is 65.5 Å². The van der Waals surface area contributed by atoms with Gasteiger partial charge in [0.05, 0.1) is 13.5 Å². The van der Waals surface area contributed by atoms with E-state index in [1.807, 2.05) is 24.3 Å². The van der Waals surface area contributed by atoms with Gasteiger partial charge in [0.15, 0.2) is 0 Å². The summed E-state index contributed by atoms with van der Waals surface area (Å²) in [7, 11) is 1.34. The Kier molecular flexibility index (Phi) is 7.84. The zero-order valence-electron chi connectivity index (χ0n) is 17.1. The molecule has 5 heteroatoms. The van der Waals surface area contributed by atoms with E-state index in [-0.39, 0.29) is 24.8 Å². The molecule has 0 bridgehead atoms. The van der Waals surface area contributed by atoms with Crippen LogP contribution in [-0.4, -0.2) is 31.6 Å². The van der Waals surface area contributed by atoms with Crippen LogP contribution >= 0.6 is 0 Å². The Balaban J connectivity index is 1.73. The second-order valence-corrected chi connectivity index (χ2v) is 8.57. The average molecular weight is 375 g/mol. The Morgan fingerprint density at radius 3 is 2.26 bits per heavy atom. The second-order valence-electron chi connectivity index (χ2n) is 8.57. The number of esters is 1. The summed E-state index contributed by atoms with van der Waals surface area (Å²) >= 11 is 0. The molecule has 1 aromatic rings. The van der Waals surface area contributed by atoms with Crippen molar-refractivity contribution in [2.24, 2.45) is 11.3 Å². The van der Waals surface area contributed by atoms with Gasteiger partial charge in [-0.05, 0) is 54.7 Å². The fraction of sp³-hybridized carbons (Fsp3) is 0.636. The molecule has 1 aliphatic rings. The van der Waals surface area contributed by atoms with Gasteiger partial charge >= 0.3 is 5.97 Å². The van der Waals surface area contributed by atoms with Crippen LogP contribution < -0.4 is 10.6 Å². The van der Waals surface area contributed by atoms with Gasteiger partial charge in [0.25, 0.3) is 5.91 Å². The highest BCUT2D eigenvalue weighted by Crippen LogP contribution is 2.37. The summed E-state index contributed by atoms with van der Waals surface area (Å²) in [5, 5.41) is 6.39. The Morgan fingerprint density at radius 1 is 1.07 bits per heavy atom. The van der Waals surface area contributed by atoms with Crippen LogP contribution in [0, 0.1) is 11.3 Å². The highest BCUT2D eigenvalue weighted by atomic mass is 16.5. The lowest BCUT2D eigenvalue weighted by Crippen LogP contribution is -2.35. The zero-order valence-corrected chi connectivity index (χ0v) is 17.1. The van der Waals surface area contributed by atoms with Gasteiger partial charge in [0.2, 0.25) is 0 Å². The van der Waals surface area contributed by atoms with E-state index in [1.165, 1.54) is 38.4 Å². The summed E-state index contributed by atoms with van der Waals surface area (Å²) in [6, 6.07) is 8.23. The third kappa shape index (κ3) is 6.98. The second kappa shape index (κ2) is 9.88. The van der Waals surface area contributed by atoms with Crippen LogP contribution in [0.2, 0.25) is 0 Å². The minimum absolute atomic E-state index is 0.168. The number of carbonyl (C=O) groups is 2. The molecule has 1 fully saturated rings. The van der Waals surface area contributed by atoms with E-state index in [0.29, 0.717) is 17.0 Å². The number of hydrogen-bond donors (Lipinski definition) is 2. The molecule has 0 aliphatic heterocycles. The molecule has 2 rings (SSSR count). The summed E-state index contributed by atoms with van der Waals surface area (Å²) in [6.45, 7) is 8.15. The summed E-state index contributed by atoms with van der Waals surface area (Å²) in [6.07, 6.45) is 5.25. The Morgan fingerprint density at radius 2 is 1.70 bits per heavy atom. The predicted molar refractivity (Wildman–Crippen MR) is 107 cm³/mol. The van der Waals surface area contributed by atoms with Gasteiger partial charge in [0.1, 0.15) is 0 Å². The van der Waals surface area contributed by atoms with Gasteiger partial charge in [-0.2, -0.15) is 0 Å². The molecular formula is C22H34N2O3. The normalized spacial score (nSPS) is 20.1. The maximum atomic E-state index is 12.1. The van der Waals surface area contributed by atoms with Crippen LogP contribution in [0.15, 0.2) is 24.3 Å². The average Bonchev–Trinajstić information content (AvgIpc) is 2.66. The standard InChI is InChI=1S/C22H34N2O3/c1-22(2,3)18-9-11-19(12-10-18)24-15-16-5-7-17(8-6-16)21(26)23-14-13-20(25)27-4/h5-8,18-19,24H,9-15H2,1-4H3,(H,23,26)/t18-,19-. The molecule has 5 nitrogen and oxygen atoms in total. The third-order valence-electron chi connectivity index (χ3n) is 5.61. The van der Waals surface area contributed by atoms with Crippen LogP contribution in [0.3, 0.4) is 0 Å². The lowest BCUT2D eigenvalue weighted by molar-refractivity contribution is -0.140. The van der Waals surface area contributed by atoms with Crippen molar-refractivity contribution in [3.63, 3.8) is 0 Å². The van der Waals surface area contributed by atoms with Gasteiger partial charge < -0.3 is 15.4 Å². The molecule has 2 N–H and O–H groups in total. The molecule has 0 radical (unpaired) electrons. The largest absolute Gasteiger partial charge is 0.469 e. The molecule has 0 heterocycles. The first-order valence-electron chi connectivity index (χ1n) is 9.97. The minimum Gasteiger partial charge on any atom is -0.469 e. The van der Waals surface area contributed by atoms with Gasteiger partial charge in [0, 0.05) is 24.7 Å². The lowest BCUT2D eigenvalue weighted by Gasteiger charge is -2.37. The van der Waals surface area contributed by atoms with E-state index < -0.39 is 0 Å². The summed E-state index contributed by atoms with van der Waals surface area (Å²) in [5.41, 5.74) is 2.20. The molecule has 0 atom stereocenters. The van der Waals surface area contributed by atoms with Crippen molar-refractivity contribution in [1.82, 2.24) is 10.6 Å². The Labute approximate surface area is 163 Å². The van der Waals surface area contributed by atoms with Crippen molar-refractivity contribution in [3.8, 4) is 0 Å². The molecule has 1 amide bonds. The van der Waals surface area contributed by atoms with E-state index in [1.54, 1.807) is 0 Å². The number of methoxy groups -OCH3 is 1. The zero-order chi connectivity index (χ0) is 19.9. The van der Waals surface area contributed by atoms with Crippen molar-refractivity contribution in [2.75, 3.05) is 13.7 Å². The number of amides is 1. The SMILES string of the molecule is COC(=O)CCNC(=O)c1ccc(CN[C@H]2CC[C@H](C(C)(C)C)CC2)cc1. The Bertz CT molecular complexity index is 611. The van der Waals surface area contributed by atoms with Crippen molar-refractivity contribution in [1.29, 1.82) is 0 Å². The quantitative estimate of drug-likeness (QED) is 0.715. The number of benzene rings is 1. The van der Waals surface area contributed by atoms with Crippen LogP contribution in [0.25, 0.3) is 0 Å². The fourth-order valence-corrected chi connectivity index (χ4v) is 3.68. The van der Waals surface area contributed by atoms with E-state index in [4.69, 9.17) is 0 Å². The number of carbonyl (C=O) groups excluding carboxylic acids is 2. The number of nitrogens with one attached hydrogen (secondary N) is 2. The number of rotatable bonds is 7. The van der Waals surface area contributed by atoms with E-state index in [2.05, 4.69) is 36.1 Å². The summed E-state index contributed by atoms with van der Waals surface area (Å²) in [5.74, 6) is 0.333. The first-order valence-corrected chi connectivity index (χ1v) is 9.97. The first-order chi connectivity index (χ1) is 12.8. The molecular weight excluding hydrogens is 340 g/mol. The number of ether oxygens (including phenoxy) is 1. The van der Waals surface area contributed by atoms with Gasteiger partial charge in [-0.25, -0.2) is 0 Å². The molecule has 0 aromatic heterocycles. The minimum atomic E-state index is -0.326. The highest BCUT2D eigenvalue weighted by molar-refractivity contribution is 5.94. The van der Waals surface area contributed by atoms with Crippen LogP contribution in [0.4, 0.5) is 0 Å². The maximum Gasteiger partial charge on any atom is 0.307 e. The molecule has 1 aromatic carbocycles. The van der Waals surface area contributed by atoms with E-state index in [9.17, 15) is 9.59 Å². The third-order valence-corrected chi connectivity index (χ3v) is 5.61. The first kappa shape index (κ1) is 21.4. The maximum absolute atomic E-state index is 12.1. The smallest absolute Gasteiger partial charge is 0.307 e. The summed E-state index contributed by atoms with van der Waals surface area (Å²) in [4.78, 5) is 23.1. The monoisotopic (exact) mass is 374 g/mol. The molecule has 150 valence electrons. The Hall–Kier alpha value is -1.88. The highest BCUT2D eigenvalue weighted by Gasteiger charge is 2.29.